The fraction of sp³-hybridized carbons (Fsp3) is 0.417. The molecule has 1 aromatic heterocycles. The Morgan fingerprint density at radius 2 is 2.42 bits per heavy atom. The van der Waals surface area contributed by atoms with Crippen LogP contribution in [-0.4, -0.2) is 35.1 Å². The van der Waals surface area contributed by atoms with Gasteiger partial charge in [-0.1, -0.05) is 12.1 Å². The summed E-state index contributed by atoms with van der Waals surface area (Å²) in [5.74, 6) is 0.0338. The summed E-state index contributed by atoms with van der Waals surface area (Å²) in [5, 5.41) is 14.2. The van der Waals surface area contributed by atoms with E-state index >= 15 is 0 Å². The number of carbonyl (C=O) groups is 1. The first-order valence-corrected chi connectivity index (χ1v) is 5.88. The highest BCUT2D eigenvalue weighted by atomic mass is 16.5. The van der Waals surface area contributed by atoms with Crippen LogP contribution in [0.4, 0.5) is 0 Å². The van der Waals surface area contributed by atoms with Crippen LogP contribution in [0.3, 0.4) is 0 Å². The summed E-state index contributed by atoms with van der Waals surface area (Å²) >= 11 is 0. The number of oxime groups is 1. The Morgan fingerprint density at radius 1 is 1.68 bits per heavy atom. The Balaban J connectivity index is 2.77. The van der Waals surface area contributed by atoms with Crippen molar-refractivity contribution in [2.24, 2.45) is 10.9 Å². The lowest BCUT2D eigenvalue weighted by Gasteiger charge is -2.16. The van der Waals surface area contributed by atoms with Crippen molar-refractivity contribution in [1.82, 2.24) is 10.3 Å². The summed E-state index contributed by atoms with van der Waals surface area (Å²) in [4.78, 5) is 16.0. The molecule has 7 heteroatoms. The highest BCUT2D eigenvalue weighted by Gasteiger charge is 2.17. The average Bonchev–Trinajstić information content (AvgIpc) is 2.45. The molecule has 0 spiro atoms. The van der Waals surface area contributed by atoms with Gasteiger partial charge in [-0.15, -0.1) is 0 Å². The van der Waals surface area contributed by atoms with Gasteiger partial charge in [-0.3, -0.25) is 4.79 Å². The summed E-state index contributed by atoms with van der Waals surface area (Å²) < 4.78 is 5.02. The van der Waals surface area contributed by atoms with Crippen molar-refractivity contribution in [3.8, 4) is 5.88 Å². The molecular weight excluding hydrogens is 248 g/mol. The van der Waals surface area contributed by atoms with E-state index in [2.05, 4.69) is 15.5 Å². The number of ether oxygens (including phenoxy) is 1. The molecule has 0 saturated carbocycles. The van der Waals surface area contributed by atoms with Gasteiger partial charge in [0.15, 0.2) is 0 Å². The Labute approximate surface area is 111 Å². The molecule has 7 nitrogen and oxygen atoms in total. The van der Waals surface area contributed by atoms with Crippen LogP contribution in [-0.2, 0) is 0 Å². The molecule has 0 fully saturated rings. The first-order chi connectivity index (χ1) is 9.12. The van der Waals surface area contributed by atoms with Gasteiger partial charge in [0.2, 0.25) is 5.88 Å². The first kappa shape index (κ1) is 14.7. The zero-order chi connectivity index (χ0) is 14.3. The molecule has 0 bridgehead atoms. The van der Waals surface area contributed by atoms with E-state index in [9.17, 15) is 4.79 Å². The maximum atomic E-state index is 12.1. The number of pyridine rings is 1. The van der Waals surface area contributed by atoms with Crippen molar-refractivity contribution in [3.05, 3.63) is 23.9 Å². The summed E-state index contributed by atoms with van der Waals surface area (Å²) in [5.41, 5.74) is 5.78. The average molecular weight is 266 g/mol. The molecule has 1 amide bonds. The summed E-state index contributed by atoms with van der Waals surface area (Å²) in [6.07, 6.45) is 2.48. The van der Waals surface area contributed by atoms with Crippen molar-refractivity contribution in [2.45, 2.75) is 25.8 Å². The van der Waals surface area contributed by atoms with Crippen molar-refractivity contribution < 1.29 is 14.7 Å². The molecule has 0 aliphatic rings. The smallest absolute Gasteiger partial charge is 0.256 e. The monoisotopic (exact) mass is 266 g/mol. The van der Waals surface area contributed by atoms with Crippen molar-refractivity contribution in [3.63, 3.8) is 0 Å². The number of carbonyl (C=O) groups excluding carboxylic acids is 1. The number of nitrogens with zero attached hydrogens (tertiary/aromatic N) is 2. The van der Waals surface area contributed by atoms with Gasteiger partial charge in [0.05, 0.1) is 7.11 Å². The van der Waals surface area contributed by atoms with E-state index in [1.54, 1.807) is 18.3 Å². The molecular formula is C12H18N4O3. The molecule has 1 unspecified atom stereocenters. The van der Waals surface area contributed by atoms with Gasteiger partial charge >= 0.3 is 0 Å². The van der Waals surface area contributed by atoms with Gasteiger partial charge in [-0.2, -0.15) is 0 Å². The second kappa shape index (κ2) is 7.20. The Bertz CT molecular complexity index is 462. The third kappa shape index (κ3) is 4.13. The number of nitrogens with one attached hydrogen (secondary N) is 1. The summed E-state index contributed by atoms with van der Waals surface area (Å²) in [6, 6.07) is 3.06. The first-order valence-electron chi connectivity index (χ1n) is 5.88. The van der Waals surface area contributed by atoms with Gasteiger partial charge in [0, 0.05) is 18.7 Å². The van der Waals surface area contributed by atoms with E-state index in [0.29, 0.717) is 12.0 Å². The Hall–Kier alpha value is -2.31. The number of amides is 1. The molecule has 1 rings (SSSR count). The molecule has 4 N–H and O–H groups in total. The van der Waals surface area contributed by atoms with Gasteiger partial charge in [0.1, 0.15) is 11.4 Å². The van der Waals surface area contributed by atoms with Crippen LogP contribution in [0, 0.1) is 0 Å². The van der Waals surface area contributed by atoms with Crippen LogP contribution in [0.5, 0.6) is 5.88 Å². The number of hydrogen-bond donors (Lipinski definition) is 3. The predicted molar refractivity (Wildman–Crippen MR) is 70.4 cm³/mol. The molecule has 1 heterocycles. The number of hydrogen-bond acceptors (Lipinski definition) is 5. The molecule has 1 aromatic rings. The summed E-state index contributed by atoms with van der Waals surface area (Å²) in [6.45, 7) is 1.90. The summed E-state index contributed by atoms with van der Waals surface area (Å²) in [7, 11) is 1.45. The third-order valence-electron chi connectivity index (χ3n) is 2.62. The van der Waals surface area contributed by atoms with Gasteiger partial charge in [-0.25, -0.2) is 4.98 Å². The largest absolute Gasteiger partial charge is 0.480 e. The molecule has 1 atom stereocenters. The van der Waals surface area contributed by atoms with Crippen LogP contribution in [0.1, 0.15) is 30.1 Å². The van der Waals surface area contributed by atoms with Crippen molar-refractivity contribution in [1.29, 1.82) is 0 Å². The lowest BCUT2D eigenvalue weighted by molar-refractivity contribution is 0.0933. The van der Waals surface area contributed by atoms with E-state index in [4.69, 9.17) is 15.7 Å². The lowest BCUT2D eigenvalue weighted by atomic mass is 10.1. The topological polar surface area (TPSA) is 110 Å². The zero-order valence-electron chi connectivity index (χ0n) is 11.0. The quantitative estimate of drug-likeness (QED) is 0.304. The number of methoxy groups -OCH3 is 1. The zero-order valence-corrected chi connectivity index (χ0v) is 11.0. The highest BCUT2D eigenvalue weighted by molar-refractivity contribution is 5.96. The Morgan fingerprint density at radius 3 is 3.00 bits per heavy atom. The van der Waals surface area contributed by atoms with E-state index in [0.717, 1.165) is 0 Å². The molecule has 104 valence electrons. The van der Waals surface area contributed by atoms with Crippen LogP contribution in [0.2, 0.25) is 0 Å². The second-order valence-corrected chi connectivity index (χ2v) is 3.93. The van der Waals surface area contributed by atoms with E-state index < -0.39 is 0 Å². The molecule has 0 aromatic carbocycles. The van der Waals surface area contributed by atoms with Gasteiger partial charge in [0.25, 0.3) is 5.91 Å². The maximum Gasteiger partial charge on any atom is 0.256 e. The molecule has 0 saturated heterocycles. The molecule has 0 aliphatic carbocycles. The fourth-order valence-corrected chi connectivity index (χ4v) is 1.58. The molecule has 0 radical (unpaired) electrons. The fourth-order valence-electron chi connectivity index (χ4n) is 1.58. The standard InChI is InChI=1S/C12H18N4O3/c1-3-8(7-10(13)16-18)15-11(17)9-5-4-6-14-12(9)19-2/h4-6,8,18H,3,7H2,1-2H3,(H2,13,16)(H,15,17). The molecule has 19 heavy (non-hydrogen) atoms. The van der Waals surface area contributed by atoms with Crippen molar-refractivity contribution >= 4 is 11.7 Å². The third-order valence-corrected chi connectivity index (χ3v) is 2.62. The normalized spacial score (nSPS) is 12.8. The van der Waals surface area contributed by atoms with Crippen LogP contribution in [0.15, 0.2) is 23.5 Å². The van der Waals surface area contributed by atoms with Gasteiger partial charge in [-0.05, 0) is 18.6 Å². The Kier molecular flexibility index (Phi) is 5.59. The number of nitrogens with two attached hydrogens (primary N) is 1. The maximum absolute atomic E-state index is 12.1. The van der Waals surface area contributed by atoms with Crippen molar-refractivity contribution in [2.75, 3.05) is 7.11 Å². The van der Waals surface area contributed by atoms with E-state index in [1.807, 2.05) is 6.92 Å². The van der Waals surface area contributed by atoms with Gasteiger partial charge < -0.3 is 21.0 Å². The number of aromatic nitrogens is 1. The highest BCUT2D eigenvalue weighted by Crippen LogP contribution is 2.14. The number of amidine groups is 1. The van der Waals surface area contributed by atoms with E-state index in [-0.39, 0.29) is 30.1 Å². The van der Waals surface area contributed by atoms with E-state index in [1.165, 1.54) is 7.11 Å². The lowest BCUT2D eigenvalue weighted by Crippen LogP contribution is -2.37. The minimum atomic E-state index is -0.303. The van der Waals surface area contributed by atoms with Crippen LogP contribution in [0.25, 0.3) is 0 Å². The number of rotatable bonds is 6. The minimum absolute atomic E-state index is 0.0744. The van der Waals surface area contributed by atoms with Crippen LogP contribution < -0.4 is 15.8 Å². The predicted octanol–water partition coefficient (Wildman–Crippen LogP) is 0.735. The molecule has 0 aliphatic heterocycles. The van der Waals surface area contributed by atoms with Crippen LogP contribution >= 0.6 is 0 Å². The minimum Gasteiger partial charge on any atom is -0.480 e. The SMILES string of the molecule is CCC(CC(N)=NO)NC(=O)c1cccnc1OC. The second-order valence-electron chi connectivity index (χ2n) is 3.93.